The van der Waals surface area contributed by atoms with Crippen molar-refractivity contribution in [2.24, 2.45) is 5.92 Å². The number of hydrogen-bond donors (Lipinski definition) is 1. The molecule has 0 aromatic rings. The lowest BCUT2D eigenvalue weighted by Crippen LogP contribution is -2.45. The summed E-state index contributed by atoms with van der Waals surface area (Å²) in [5, 5.41) is 3.79. The van der Waals surface area contributed by atoms with Crippen molar-refractivity contribution >= 4 is 0 Å². The Bertz CT molecular complexity index is 205. The van der Waals surface area contributed by atoms with Crippen LogP contribution in [0, 0.1) is 5.92 Å². The van der Waals surface area contributed by atoms with Gasteiger partial charge in [-0.2, -0.15) is 0 Å². The Labute approximate surface area is 120 Å². The van der Waals surface area contributed by atoms with E-state index in [-0.39, 0.29) is 0 Å². The van der Waals surface area contributed by atoms with Crippen LogP contribution in [-0.4, -0.2) is 51.3 Å². The maximum absolute atomic E-state index is 5.14. The molecule has 1 N–H and O–H groups in total. The molecule has 114 valence electrons. The van der Waals surface area contributed by atoms with Crippen LogP contribution in [0.15, 0.2) is 0 Å². The maximum Gasteiger partial charge on any atom is 0.0474 e. The molecule has 0 spiro atoms. The van der Waals surface area contributed by atoms with Crippen molar-refractivity contribution in [1.29, 1.82) is 0 Å². The molecule has 1 aliphatic rings. The van der Waals surface area contributed by atoms with Crippen LogP contribution in [0.25, 0.3) is 0 Å². The Balaban J connectivity index is 2.34. The van der Waals surface area contributed by atoms with Crippen molar-refractivity contribution in [3.8, 4) is 0 Å². The average Bonchev–Trinajstić information content (AvgIpc) is 2.44. The number of nitrogens with zero attached hydrogens (tertiary/aromatic N) is 1. The van der Waals surface area contributed by atoms with E-state index < -0.39 is 0 Å². The van der Waals surface area contributed by atoms with Crippen molar-refractivity contribution in [3.63, 3.8) is 0 Å². The molecule has 3 heteroatoms. The lowest BCUT2D eigenvalue weighted by molar-refractivity contribution is 0.164. The summed E-state index contributed by atoms with van der Waals surface area (Å²) >= 11 is 0. The summed E-state index contributed by atoms with van der Waals surface area (Å²) in [4.78, 5) is 2.47. The molecule has 0 aromatic heterocycles. The van der Waals surface area contributed by atoms with Gasteiger partial charge in [0.1, 0.15) is 0 Å². The van der Waals surface area contributed by atoms with Crippen molar-refractivity contribution < 1.29 is 4.74 Å². The zero-order chi connectivity index (χ0) is 13.9. The molecule has 19 heavy (non-hydrogen) atoms. The number of nitrogens with one attached hydrogen (secondary N) is 1. The molecule has 0 amide bonds. The van der Waals surface area contributed by atoms with E-state index in [1.165, 1.54) is 45.1 Å². The van der Waals surface area contributed by atoms with Gasteiger partial charge in [-0.3, -0.25) is 0 Å². The van der Waals surface area contributed by atoms with Gasteiger partial charge >= 0.3 is 0 Å². The molecular weight excluding hydrogens is 236 g/mol. The highest BCUT2D eigenvalue weighted by atomic mass is 16.5. The molecule has 0 radical (unpaired) electrons. The summed E-state index contributed by atoms with van der Waals surface area (Å²) < 4.78 is 5.14. The Morgan fingerprint density at radius 1 is 1.26 bits per heavy atom. The van der Waals surface area contributed by atoms with Gasteiger partial charge in [0.05, 0.1) is 0 Å². The van der Waals surface area contributed by atoms with E-state index in [2.05, 4.69) is 24.2 Å². The second-order valence-electron chi connectivity index (χ2n) is 6.07. The summed E-state index contributed by atoms with van der Waals surface area (Å²) in [5.41, 5.74) is 0. The molecule has 0 saturated heterocycles. The first-order chi connectivity index (χ1) is 9.27. The lowest BCUT2D eigenvalue weighted by Gasteiger charge is -2.34. The SMILES string of the molecule is CCCNC(CN(C)CCCOC)C1CCCCC1. The van der Waals surface area contributed by atoms with Crippen molar-refractivity contribution in [2.75, 3.05) is 40.4 Å². The molecule has 0 heterocycles. The average molecular weight is 270 g/mol. The van der Waals surface area contributed by atoms with Gasteiger partial charge in [0.2, 0.25) is 0 Å². The highest BCUT2D eigenvalue weighted by Gasteiger charge is 2.23. The van der Waals surface area contributed by atoms with Gasteiger partial charge in [-0.25, -0.2) is 0 Å². The van der Waals surface area contributed by atoms with Crippen molar-refractivity contribution in [2.45, 2.75) is 57.9 Å². The smallest absolute Gasteiger partial charge is 0.0474 e. The highest BCUT2D eigenvalue weighted by Crippen LogP contribution is 2.26. The van der Waals surface area contributed by atoms with E-state index in [0.717, 1.165) is 32.0 Å². The van der Waals surface area contributed by atoms with Gasteiger partial charge in [0.15, 0.2) is 0 Å². The van der Waals surface area contributed by atoms with E-state index in [4.69, 9.17) is 4.74 Å². The van der Waals surface area contributed by atoms with Crippen LogP contribution in [0.3, 0.4) is 0 Å². The van der Waals surface area contributed by atoms with Gasteiger partial charge in [0, 0.05) is 32.8 Å². The summed E-state index contributed by atoms with van der Waals surface area (Å²) in [5.74, 6) is 0.894. The Hall–Kier alpha value is -0.120. The summed E-state index contributed by atoms with van der Waals surface area (Å²) in [6.45, 7) is 6.63. The van der Waals surface area contributed by atoms with Crippen LogP contribution in [-0.2, 0) is 4.74 Å². The molecule has 0 aromatic carbocycles. The van der Waals surface area contributed by atoms with Crippen LogP contribution in [0.5, 0.6) is 0 Å². The van der Waals surface area contributed by atoms with Gasteiger partial charge in [-0.05, 0) is 45.2 Å². The maximum atomic E-state index is 5.14. The van der Waals surface area contributed by atoms with E-state index in [1.807, 2.05) is 0 Å². The molecule has 1 aliphatic carbocycles. The predicted molar refractivity (Wildman–Crippen MR) is 82.6 cm³/mol. The molecule has 1 unspecified atom stereocenters. The van der Waals surface area contributed by atoms with Crippen LogP contribution in [0.4, 0.5) is 0 Å². The molecular formula is C16H34N2O. The normalized spacial score (nSPS) is 18.9. The van der Waals surface area contributed by atoms with E-state index in [1.54, 1.807) is 7.11 Å². The van der Waals surface area contributed by atoms with Crippen LogP contribution in [0.1, 0.15) is 51.9 Å². The van der Waals surface area contributed by atoms with Gasteiger partial charge < -0.3 is 15.0 Å². The van der Waals surface area contributed by atoms with Crippen LogP contribution in [0.2, 0.25) is 0 Å². The molecule has 0 bridgehead atoms. The summed E-state index contributed by atoms with van der Waals surface area (Å²) in [6.07, 6.45) is 9.53. The fraction of sp³-hybridized carbons (Fsp3) is 1.00. The molecule has 1 rings (SSSR count). The highest BCUT2D eigenvalue weighted by molar-refractivity contribution is 4.81. The summed E-state index contributed by atoms with van der Waals surface area (Å²) in [7, 11) is 4.03. The minimum atomic E-state index is 0.688. The van der Waals surface area contributed by atoms with Crippen molar-refractivity contribution in [3.05, 3.63) is 0 Å². The molecule has 1 atom stereocenters. The van der Waals surface area contributed by atoms with Crippen molar-refractivity contribution in [1.82, 2.24) is 10.2 Å². The third-order valence-corrected chi connectivity index (χ3v) is 4.27. The first-order valence-electron chi connectivity index (χ1n) is 8.18. The predicted octanol–water partition coefficient (Wildman–Crippen LogP) is 2.90. The number of rotatable bonds is 10. The van der Waals surface area contributed by atoms with E-state index >= 15 is 0 Å². The minimum Gasteiger partial charge on any atom is -0.385 e. The number of hydrogen-bond acceptors (Lipinski definition) is 3. The number of methoxy groups -OCH3 is 1. The second-order valence-corrected chi connectivity index (χ2v) is 6.07. The molecule has 1 saturated carbocycles. The Morgan fingerprint density at radius 3 is 2.63 bits per heavy atom. The third kappa shape index (κ3) is 7.28. The fourth-order valence-corrected chi connectivity index (χ4v) is 3.15. The summed E-state index contributed by atoms with van der Waals surface area (Å²) in [6, 6.07) is 0.688. The van der Waals surface area contributed by atoms with Gasteiger partial charge in [-0.15, -0.1) is 0 Å². The quantitative estimate of drug-likeness (QED) is 0.618. The lowest BCUT2D eigenvalue weighted by atomic mass is 9.83. The minimum absolute atomic E-state index is 0.688. The first kappa shape index (κ1) is 16.9. The topological polar surface area (TPSA) is 24.5 Å². The van der Waals surface area contributed by atoms with E-state index in [9.17, 15) is 0 Å². The fourth-order valence-electron chi connectivity index (χ4n) is 3.15. The zero-order valence-corrected chi connectivity index (χ0v) is 13.3. The largest absolute Gasteiger partial charge is 0.385 e. The molecule has 0 aliphatic heterocycles. The monoisotopic (exact) mass is 270 g/mol. The number of ether oxygens (including phenoxy) is 1. The second kappa shape index (κ2) is 10.6. The standard InChI is InChI=1S/C16H34N2O/c1-4-11-17-16(15-9-6-5-7-10-15)14-18(2)12-8-13-19-3/h15-17H,4-14H2,1-3H3. The zero-order valence-electron chi connectivity index (χ0n) is 13.3. The molecule has 3 nitrogen and oxygen atoms in total. The van der Waals surface area contributed by atoms with E-state index in [0.29, 0.717) is 6.04 Å². The Kier molecular flexibility index (Phi) is 9.48. The third-order valence-electron chi connectivity index (χ3n) is 4.27. The Morgan fingerprint density at radius 2 is 2.00 bits per heavy atom. The molecule has 1 fully saturated rings. The van der Waals surface area contributed by atoms with Crippen LogP contribution < -0.4 is 5.32 Å². The van der Waals surface area contributed by atoms with Gasteiger partial charge in [0.25, 0.3) is 0 Å². The first-order valence-corrected chi connectivity index (χ1v) is 8.18. The van der Waals surface area contributed by atoms with Gasteiger partial charge in [-0.1, -0.05) is 26.2 Å². The van der Waals surface area contributed by atoms with Crippen LogP contribution >= 0.6 is 0 Å². The number of likely N-dealkylation sites (N-methyl/N-ethyl adjacent to an activating group) is 1.